The molecule has 1 aliphatic heterocycles. The average Bonchev–Trinajstić information content (AvgIpc) is 2.65. The Morgan fingerprint density at radius 1 is 1.56 bits per heavy atom. The van der Waals surface area contributed by atoms with Crippen molar-refractivity contribution in [1.82, 2.24) is 15.0 Å². The number of aliphatic imine (C=N–C) groups is 1. The molecule has 0 fully saturated rings. The van der Waals surface area contributed by atoms with Gasteiger partial charge in [-0.15, -0.1) is 0 Å². The molecule has 0 atom stereocenters. The van der Waals surface area contributed by atoms with Crippen LogP contribution in [0.5, 0.6) is 5.88 Å². The zero-order chi connectivity index (χ0) is 11.7. The summed E-state index contributed by atoms with van der Waals surface area (Å²) in [6.07, 6.45) is 1.40. The van der Waals surface area contributed by atoms with Gasteiger partial charge in [-0.05, 0) is 0 Å². The number of carbonyl (C=O) groups excluding carboxylic acids is 1. The first-order valence-electron chi connectivity index (χ1n) is 4.79. The van der Waals surface area contributed by atoms with E-state index in [1.165, 1.54) is 6.34 Å². The number of fused-ring (bicyclic) bond motifs is 1. The minimum Gasteiger partial charge on any atom is -0.490 e. The van der Waals surface area contributed by atoms with E-state index in [0.29, 0.717) is 11.5 Å². The van der Waals surface area contributed by atoms with Crippen molar-refractivity contribution in [3.63, 3.8) is 0 Å². The van der Waals surface area contributed by atoms with Crippen molar-refractivity contribution < 1.29 is 9.90 Å². The minimum absolute atomic E-state index is 0.0517. The summed E-state index contributed by atoms with van der Waals surface area (Å²) >= 11 is 0. The normalized spacial score (nSPS) is 12.4. The molecule has 1 aromatic heterocycles. The fraction of sp³-hybridized carbons (Fsp3) is 0.333. The predicted molar refractivity (Wildman–Crippen MR) is 58.6 cm³/mol. The maximum absolute atomic E-state index is 11.4. The van der Waals surface area contributed by atoms with Crippen molar-refractivity contribution in [2.24, 2.45) is 5.92 Å². The fourth-order valence-corrected chi connectivity index (χ4v) is 1.13. The van der Waals surface area contributed by atoms with Crippen LogP contribution in [0, 0.1) is 5.92 Å². The molecule has 0 unspecified atom stereocenters. The molecule has 2 heterocycles. The van der Waals surface area contributed by atoms with Crippen molar-refractivity contribution >= 4 is 29.7 Å². The third-order valence-corrected chi connectivity index (χ3v) is 2.03. The highest BCUT2D eigenvalue weighted by Gasteiger charge is 2.26. The molecule has 83 valence electrons. The number of aromatic nitrogens is 2. The zero-order valence-electron chi connectivity index (χ0n) is 8.85. The van der Waals surface area contributed by atoms with E-state index in [1.54, 1.807) is 13.8 Å². The van der Waals surface area contributed by atoms with Crippen molar-refractivity contribution in [2.45, 2.75) is 13.8 Å². The molecule has 7 nitrogen and oxygen atoms in total. The Bertz CT molecular complexity index is 469. The Morgan fingerprint density at radius 3 is 3.00 bits per heavy atom. The number of aromatic hydroxyl groups is 1. The van der Waals surface area contributed by atoms with Gasteiger partial charge in [0.05, 0.1) is 0 Å². The molecule has 0 aliphatic carbocycles. The summed E-state index contributed by atoms with van der Waals surface area (Å²) in [6, 6.07) is 0. The second-order valence-electron chi connectivity index (χ2n) is 3.62. The third-order valence-electron chi connectivity index (χ3n) is 2.03. The number of anilines is 2. The molecule has 1 radical (unpaired) electrons. The molecule has 16 heavy (non-hydrogen) atoms. The number of rotatable bonds is 2. The molecule has 0 saturated heterocycles. The molecule has 7 heteroatoms. The monoisotopic (exact) mass is 221 g/mol. The highest BCUT2D eigenvalue weighted by Crippen LogP contribution is 2.30. The third kappa shape index (κ3) is 1.79. The lowest BCUT2D eigenvalue weighted by atomic mass is 10.2. The highest BCUT2D eigenvalue weighted by atomic mass is 16.3. The predicted octanol–water partition coefficient (Wildman–Crippen LogP) is 0.198. The van der Waals surface area contributed by atoms with Crippen LogP contribution in [0.15, 0.2) is 0 Å². The molecule has 0 saturated carbocycles. The van der Waals surface area contributed by atoms with Crippen LogP contribution in [-0.4, -0.2) is 27.3 Å². The van der Waals surface area contributed by atoms with Crippen molar-refractivity contribution in [3.05, 3.63) is 0 Å². The van der Waals surface area contributed by atoms with E-state index >= 15 is 0 Å². The van der Waals surface area contributed by atoms with Gasteiger partial charge >= 0.3 is 11.8 Å². The summed E-state index contributed by atoms with van der Waals surface area (Å²) in [5, 5.41) is 14.7. The Morgan fingerprint density at radius 2 is 2.31 bits per heavy atom. The first-order valence-corrected chi connectivity index (χ1v) is 4.79. The summed E-state index contributed by atoms with van der Waals surface area (Å²) in [7, 11) is 0. The number of carbonyl (C=O) groups is 1. The molecular formula is C9H11N5O2+. The molecule has 0 spiro atoms. The van der Waals surface area contributed by atoms with Gasteiger partial charge in [-0.25, -0.2) is 0 Å². The quantitative estimate of drug-likeness (QED) is 0.662. The van der Waals surface area contributed by atoms with Gasteiger partial charge in [0.1, 0.15) is 0 Å². The Balaban J connectivity index is 2.27. The van der Waals surface area contributed by atoms with Gasteiger partial charge in [0.25, 0.3) is 5.88 Å². The van der Waals surface area contributed by atoms with Gasteiger partial charge < -0.3 is 5.11 Å². The van der Waals surface area contributed by atoms with Crippen LogP contribution >= 0.6 is 0 Å². The van der Waals surface area contributed by atoms with Gasteiger partial charge in [0.15, 0.2) is 0 Å². The molecule has 1 aromatic rings. The van der Waals surface area contributed by atoms with Crippen molar-refractivity contribution in [1.29, 1.82) is 0 Å². The SMILES string of the molecule is CC(C)C(=O)Nc1nc(O)c2c(n1)[N+]=CN2. The molecule has 0 aromatic carbocycles. The van der Waals surface area contributed by atoms with Gasteiger partial charge in [-0.1, -0.05) is 23.8 Å². The topological polar surface area (TPSA) is 101 Å². The summed E-state index contributed by atoms with van der Waals surface area (Å²) in [5.74, 6) is -0.265. The lowest BCUT2D eigenvalue weighted by Gasteiger charge is -2.04. The van der Waals surface area contributed by atoms with E-state index in [4.69, 9.17) is 0 Å². The number of nitrogens with one attached hydrogen (secondary N) is 2. The van der Waals surface area contributed by atoms with Gasteiger partial charge in [0, 0.05) is 5.92 Å². The Kier molecular flexibility index (Phi) is 2.43. The first kappa shape index (κ1) is 10.3. The Hall–Kier alpha value is -2.18. The summed E-state index contributed by atoms with van der Waals surface area (Å²) in [5.41, 5.74) is 0.350. The lowest BCUT2D eigenvalue weighted by molar-refractivity contribution is -0.118. The Labute approximate surface area is 91.6 Å². The summed E-state index contributed by atoms with van der Waals surface area (Å²) in [4.78, 5) is 23.0. The summed E-state index contributed by atoms with van der Waals surface area (Å²) in [6.45, 7) is 3.50. The van der Waals surface area contributed by atoms with Gasteiger partial charge in [-0.2, -0.15) is 4.98 Å². The molecule has 1 aliphatic rings. The van der Waals surface area contributed by atoms with Crippen molar-refractivity contribution in [3.8, 4) is 5.88 Å². The smallest absolute Gasteiger partial charge is 0.345 e. The summed E-state index contributed by atoms with van der Waals surface area (Å²) < 4.78 is 0. The highest BCUT2D eigenvalue weighted by molar-refractivity contribution is 5.93. The van der Waals surface area contributed by atoms with Crippen molar-refractivity contribution in [2.75, 3.05) is 10.6 Å². The van der Waals surface area contributed by atoms with Gasteiger partial charge in [0.2, 0.25) is 17.9 Å². The lowest BCUT2D eigenvalue weighted by Crippen LogP contribution is -2.19. The second-order valence-corrected chi connectivity index (χ2v) is 3.62. The van der Waals surface area contributed by atoms with Crippen LogP contribution < -0.4 is 15.6 Å². The van der Waals surface area contributed by atoms with E-state index < -0.39 is 0 Å². The number of amides is 1. The molecular weight excluding hydrogens is 210 g/mol. The molecule has 3 N–H and O–H groups in total. The standard InChI is InChI=1S/C9H11N5O2/c1-4(2)7(15)13-9-12-6-5(8(16)14-9)10-3-11-6/h3-4,10H,1-2H3,(H2,12,13,14,15,16)/q+1. The number of nitrogens with zero attached hydrogens (tertiary/aromatic N) is 3. The second kappa shape index (κ2) is 3.76. The minimum atomic E-state index is -0.235. The maximum Gasteiger partial charge on any atom is 0.345 e. The van der Waals surface area contributed by atoms with E-state index in [-0.39, 0.29) is 23.7 Å². The van der Waals surface area contributed by atoms with Crippen LogP contribution in [0.4, 0.5) is 17.5 Å². The largest absolute Gasteiger partial charge is 0.490 e. The van der Waals surface area contributed by atoms with E-state index in [9.17, 15) is 9.90 Å². The number of hydrogen-bond donors (Lipinski definition) is 3. The first-order chi connectivity index (χ1) is 7.58. The van der Waals surface area contributed by atoms with Crippen LogP contribution in [0.25, 0.3) is 0 Å². The van der Waals surface area contributed by atoms with Crippen LogP contribution in [0.1, 0.15) is 13.8 Å². The number of hydrogen-bond acceptors (Lipinski definition) is 6. The van der Waals surface area contributed by atoms with Crippen LogP contribution in [0.2, 0.25) is 0 Å². The van der Waals surface area contributed by atoms with Crippen LogP contribution in [-0.2, 0) is 4.79 Å². The fourth-order valence-electron chi connectivity index (χ4n) is 1.13. The van der Waals surface area contributed by atoms with Gasteiger partial charge in [-0.3, -0.25) is 15.4 Å². The molecule has 2 rings (SSSR count). The maximum atomic E-state index is 11.4. The van der Waals surface area contributed by atoms with E-state index in [2.05, 4.69) is 25.6 Å². The van der Waals surface area contributed by atoms with E-state index in [0.717, 1.165) is 0 Å². The average molecular weight is 221 g/mol. The van der Waals surface area contributed by atoms with Crippen LogP contribution in [0.3, 0.4) is 0 Å². The molecule has 0 bridgehead atoms. The molecule has 1 amide bonds. The van der Waals surface area contributed by atoms with E-state index in [1.807, 2.05) is 0 Å². The zero-order valence-corrected chi connectivity index (χ0v) is 8.85.